The summed E-state index contributed by atoms with van der Waals surface area (Å²) in [4.78, 5) is 7.39. The number of hydrogen-bond acceptors (Lipinski definition) is 3. The molecule has 0 amide bonds. The number of aryl methyl sites for hydroxylation is 2. The van der Waals surface area contributed by atoms with Gasteiger partial charge in [-0.3, -0.25) is 0 Å². The summed E-state index contributed by atoms with van der Waals surface area (Å²) in [5.41, 5.74) is 3.75. The van der Waals surface area contributed by atoms with Gasteiger partial charge in [0, 0.05) is 11.8 Å². The first-order chi connectivity index (χ1) is 8.31. The van der Waals surface area contributed by atoms with E-state index in [-0.39, 0.29) is 0 Å². The Balaban J connectivity index is 1.86. The van der Waals surface area contributed by atoms with Crippen LogP contribution in [0, 0.1) is 5.95 Å². The van der Waals surface area contributed by atoms with Crippen LogP contribution in [0.3, 0.4) is 0 Å². The number of hydrogen-bond donors (Lipinski definition) is 1. The Hall–Kier alpha value is -1.97. The van der Waals surface area contributed by atoms with Gasteiger partial charge < -0.3 is 5.32 Å². The fourth-order valence-corrected chi connectivity index (χ4v) is 2.20. The monoisotopic (exact) mass is 229 g/mol. The zero-order chi connectivity index (χ0) is 11.7. The minimum atomic E-state index is -0.524. The Morgan fingerprint density at radius 2 is 1.94 bits per heavy atom. The molecular formula is C13H12FN3. The van der Waals surface area contributed by atoms with Crippen LogP contribution in [0.5, 0.6) is 0 Å². The minimum Gasteiger partial charge on any atom is -0.340 e. The molecule has 1 aliphatic carbocycles. The fraction of sp³-hybridized carbons (Fsp3) is 0.231. The molecule has 3 rings (SSSR count). The van der Waals surface area contributed by atoms with Gasteiger partial charge in [0.25, 0.3) is 0 Å². The summed E-state index contributed by atoms with van der Waals surface area (Å²) in [5.74, 6) is -0.0425. The lowest BCUT2D eigenvalue weighted by Gasteiger charge is -2.07. The molecule has 0 unspecified atom stereocenters. The standard InChI is InChI=1S/C13H12FN3/c14-12-7-13(16-8-15-12)17-11-5-4-9-2-1-3-10(9)6-11/h4-8H,1-3H2,(H,15,16,17). The van der Waals surface area contributed by atoms with Crippen molar-refractivity contribution in [3.8, 4) is 0 Å². The van der Waals surface area contributed by atoms with Gasteiger partial charge in [-0.2, -0.15) is 4.39 Å². The third-order valence-corrected chi connectivity index (χ3v) is 3.00. The second-order valence-corrected chi connectivity index (χ2v) is 4.19. The molecule has 1 aromatic carbocycles. The molecule has 0 spiro atoms. The average Bonchev–Trinajstić information content (AvgIpc) is 2.76. The molecule has 0 aliphatic heterocycles. The normalized spacial score (nSPS) is 13.5. The largest absolute Gasteiger partial charge is 0.340 e. The van der Waals surface area contributed by atoms with E-state index in [0.717, 1.165) is 18.5 Å². The smallest absolute Gasteiger partial charge is 0.218 e. The quantitative estimate of drug-likeness (QED) is 0.805. The maximum atomic E-state index is 12.9. The molecule has 0 saturated carbocycles. The van der Waals surface area contributed by atoms with Crippen LogP contribution in [0.2, 0.25) is 0 Å². The van der Waals surface area contributed by atoms with Crippen molar-refractivity contribution in [2.24, 2.45) is 0 Å². The molecule has 1 aliphatic rings. The van der Waals surface area contributed by atoms with Crippen molar-refractivity contribution in [3.05, 3.63) is 47.7 Å². The molecule has 3 nitrogen and oxygen atoms in total. The number of rotatable bonds is 2. The maximum Gasteiger partial charge on any atom is 0.218 e. The van der Waals surface area contributed by atoms with Gasteiger partial charge in [-0.15, -0.1) is 0 Å². The number of nitrogens with one attached hydrogen (secondary N) is 1. The summed E-state index contributed by atoms with van der Waals surface area (Å²) in [5, 5.41) is 3.08. The van der Waals surface area contributed by atoms with Crippen LogP contribution in [0.15, 0.2) is 30.6 Å². The Morgan fingerprint density at radius 1 is 1.06 bits per heavy atom. The van der Waals surface area contributed by atoms with E-state index >= 15 is 0 Å². The van der Waals surface area contributed by atoms with Crippen LogP contribution in [-0.2, 0) is 12.8 Å². The van der Waals surface area contributed by atoms with Crippen molar-refractivity contribution in [3.63, 3.8) is 0 Å². The SMILES string of the molecule is Fc1cc(Nc2ccc3c(c2)CCC3)ncn1. The van der Waals surface area contributed by atoms with Crippen LogP contribution in [0.25, 0.3) is 0 Å². The van der Waals surface area contributed by atoms with Gasteiger partial charge in [0.05, 0.1) is 0 Å². The van der Waals surface area contributed by atoms with Gasteiger partial charge in [-0.05, 0) is 42.5 Å². The minimum absolute atomic E-state index is 0.482. The summed E-state index contributed by atoms with van der Waals surface area (Å²) in [6.45, 7) is 0. The molecule has 17 heavy (non-hydrogen) atoms. The van der Waals surface area contributed by atoms with E-state index in [4.69, 9.17) is 0 Å². The second-order valence-electron chi connectivity index (χ2n) is 4.19. The van der Waals surface area contributed by atoms with E-state index in [1.54, 1.807) is 0 Å². The number of fused-ring (bicyclic) bond motifs is 1. The van der Waals surface area contributed by atoms with Gasteiger partial charge in [0.2, 0.25) is 5.95 Å². The molecule has 0 bridgehead atoms. The number of halogens is 1. The van der Waals surface area contributed by atoms with E-state index < -0.39 is 5.95 Å². The number of anilines is 2. The molecule has 2 aromatic rings. The maximum absolute atomic E-state index is 12.9. The van der Waals surface area contributed by atoms with Gasteiger partial charge in [0.1, 0.15) is 12.1 Å². The van der Waals surface area contributed by atoms with Crippen molar-refractivity contribution in [2.45, 2.75) is 19.3 Å². The first kappa shape index (κ1) is 10.2. The molecular weight excluding hydrogens is 217 g/mol. The summed E-state index contributed by atoms with van der Waals surface area (Å²) < 4.78 is 12.9. The third kappa shape index (κ3) is 2.11. The Morgan fingerprint density at radius 3 is 2.82 bits per heavy atom. The predicted molar refractivity (Wildman–Crippen MR) is 63.7 cm³/mol. The van der Waals surface area contributed by atoms with E-state index in [2.05, 4.69) is 27.4 Å². The lowest BCUT2D eigenvalue weighted by molar-refractivity contribution is 0.580. The van der Waals surface area contributed by atoms with E-state index in [9.17, 15) is 4.39 Å². The van der Waals surface area contributed by atoms with Crippen molar-refractivity contribution >= 4 is 11.5 Å². The van der Waals surface area contributed by atoms with Gasteiger partial charge in [-0.1, -0.05) is 6.07 Å². The van der Waals surface area contributed by atoms with Crippen molar-refractivity contribution in [1.29, 1.82) is 0 Å². The summed E-state index contributed by atoms with van der Waals surface area (Å²) in [7, 11) is 0. The summed E-state index contributed by atoms with van der Waals surface area (Å²) >= 11 is 0. The van der Waals surface area contributed by atoms with Crippen molar-refractivity contribution < 1.29 is 4.39 Å². The first-order valence-electron chi connectivity index (χ1n) is 5.68. The van der Waals surface area contributed by atoms with Crippen molar-refractivity contribution in [2.75, 3.05) is 5.32 Å². The fourth-order valence-electron chi connectivity index (χ4n) is 2.20. The van der Waals surface area contributed by atoms with Gasteiger partial charge >= 0.3 is 0 Å². The highest BCUT2D eigenvalue weighted by Gasteiger charge is 2.10. The second kappa shape index (κ2) is 4.13. The predicted octanol–water partition coefficient (Wildman–Crippen LogP) is 2.85. The van der Waals surface area contributed by atoms with E-state index in [0.29, 0.717) is 5.82 Å². The number of benzene rings is 1. The lowest BCUT2D eigenvalue weighted by atomic mass is 10.1. The Labute approximate surface area is 98.7 Å². The molecule has 0 fully saturated rings. The molecule has 1 N–H and O–H groups in total. The number of nitrogens with zero attached hydrogens (tertiary/aromatic N) is 2. The molecule has 0 saturated heterocycles. The third-order valence-electron chi connectivity index (χ3n) is 3.00. The summed E-state index contributed by atoms with van der Waals surface area (Å²) in [6.07, 6.45) is 4.73. The van der Waals surface area contributed by atoms with Gasteiger partial charge in [0.15, 0.2) is 0 Å². The van der Waals surface area contributed by atoms with Crippen LogP contribution in [0.1, 0.15) is 17.5 Å². The highest BCUT2D eigenvalue weighted by atomic mass is 19.1. The molecule has 1 aromatic heterocycles. The zero-order valence-corrected chi connectivity index (χ0v) is 9.28. The van der Waals surface area contributed by atoms with E-state index in [1.165, 1.54) is 29.9 Å². The Bertz CT molecular complexity index is 554. The molecule has 86 valence electrons. The first-order valence-corrected chi connectivity index (χ1v) is 5.68. The van der Waals surface area contributed by atoms with Crippen molar-refractivity contribution in [1.82, 2.24) is 9.97 Å². The molecule has 1 heterocycles. The van der Waals surface area contributed by atoms with Gasteiger partial charge in [-0.25, -0.2) is 9.97 Å². The van der Waals surface area contributed by atoms with Crippen LogP contribution in [0.4, 0.5) is 15.9 Å². The average molecular weight is 229 g/mol. The highest BCUT2D eigenvalue weighted by Crippen LogP contribution is 2.26. The van der Waals surface area contributed by atoms with E-state index in [1.807, 2.05) is 6.07 Å². The topological polar surface area (TPSA) is 37.8 Å². The van der Waals surface area contributed by atoms with Crippen LogP contribution < -0.4 is 5.32 Å². The molecule has 0 atom stereocenters. The Kier molecular flexibility index (Phi) is 2.48. The zero-order valence-electron chi connectivity index (χ0n) is 9.28. The molecule has 4 heteroatoms. The molecule has 0 radical (unpaired) electrons. The highest BCUT2D eigenvalue weighted by molar-refractivity contribution is 5.58. The lowest BCUT2D eigenvalue weighted by Crippen LogP contribution is -1.96. The summed E-state index contributed by atoms with van der Waals surface area (Å²) in [6, 6.07) is 7.53. The number of aromatic nitrogens is 2. The van der Waals surface area contributed by atoms with Crippen LogP contribution in [-0.4, -0.2) is 9.97 Å². The van der Waals surface area contributed by atoms with Crippen LogP contribution >= 0.6 is 0 Å².